The Labute approximate surface area is 123 Å². The lowest BCUT2D eigenvalue weighted by atomic mass is 10.0. The van der Waals surface area contributed by atoms with Crippen LogP contribution < -0.4 is 10.2 Å². The van der Waals surface area contributed by atoms with Crippen LogP contribution in [0.3, 0.4) is 0 Å². The molecule has 20 heavy (non-hydrogen) atoms. The Morgan fingerprint density at radius 3 is 2.35 bits per heavy atom. The molecule has 1 aromatic carbocycles. The van der Waals surface area contributed by atoms with Crippen molar-refractivity contribution in [1.82, 2.24) is 10.2 Å². The van der Waals surface area contributed by atoms with Crippen LogP contribution in [0.5, 0.6) is 0 Å². The van der Waals surface area contributed by atoms with Crippen molar-refractivity contribution >= 4 is 5.69 Å². The van der Waals surface area contributed by atoms with Crippen LogP contribution in [0.2, 0.25) is 0 Å². The molecule has 0 amide bonds. The molecule has 3 nitrogen and oxygen atoms in total. The molecule has 3 rings (SSSR count). The van der Waals surface area contributed by atoms with E-state index in [0.29, 0.717) is 0 Å². The zero-order chi connectivity index (χ0) is 13.6. The molecule has 1 N–H and O–H groups in total. The van der Waals surface area contributed by atoms with Crippen molar-refractivity contribution in [3.63, 3.8) is 0 Å². The summed E-state index contributed by atoms with van der Waals surface area (Å²) in [5.74, 6) is 0. The van der Waals surface area contributed by atoms with Gasteiger partial charge in [0.1, 0.15) is 0 Å². The van der Waals surface area contributed by atoms with E-state index in [1.807, 2.05) is 0 Å². The Balaban J connectivity index is 1.36. The number of anilines is 1. The van der Waals surface area contributed by atoms with E-state index in [9.17, 15) is 0 Å². The highest BCUT2D eigenvalue weighted by atomic mass is 15.2. The van der Waals surface area contributed by atoms with Crippen LogP contribution in [-0.2, 0) is 0 Å². The van der Waals surface area contributed by atoms with E-state index >= 15 is 0 Å². The van der Waals surface area contributed by atoms with Crippen LogP contribution in [0.1, 0.15) is 25.7 Å². The molecule has 0 saturated carbocycles. The zero-order valence-corrected chi connectivity index (χ0v) is 12.4. The molecule has 0 bridgehead atoms. The van der Waals surface area contributed by atoms with E-state index in [4.69, 9.17) is 0 Å². The molecule has 0 unspecified atom stereocenters. The maximum Gasteiger partial charge on any atom is 0.0366 e. The van der Waals surface area contributed by atoms with E-state index < -0.39 is 0 Å². The summed E-state index contributed by atoms with van der Waals surface area (Å²) in [5.41, 5.74) is 1.38. The minimum atomic E-state index is 0.720. The van der Waals surface area contributed by atoms with Gasteiger partial charge in [0.25, 0.3) is 0 Å². The highest BCUT2D eigenvalue weighted by Gasteiger charge is 2.19. The maximum atomic E-state index is 3.75. The van der Waals surface area contributed by atoms with Gasteiger partial charge in [0.2, 0.25) is 0 Å². The maximum absolute atomic E-state index is 3.75. The van der Waals surface area contributed by atoms with Crippen molar-refractivity contribution < 1.29 is 0 Å². The van der Waals surface area contributed by atoms with Crippen molar-refractivity contribution in [2.45, 2.75) is 31.7 Å². The summed E-state index contributed by atoms with van der Waals surface area (Å²) in [5, 5.41) is 3.75. The Kier molecular flexibility index (Phi) is 4.93. The standard InChI is InChI=1S/C17H27N3/c1-2-6-17(7-3-1)20-13-8-16(9-14-20)18-10-15-19-11-4-5-12-19/h1-3,6-7,16,18H,4-5,8-15H2. The second-order valence-corrected chi connectivity index (χ2v) is 6.10. The van der Waals surface area contributed by atoms with Crippen LogP contribution in [0.25, 0.3) is 0 Å². The lowest BCUT2D eigenvalue weighted by Gasteiger charge is -2.34. The third-order valence-electron chi connectivity index (χ3n) is 4.68. The number of likely N-dealkylation sites (tertiary alicyclic amines) is 1. The average Bonchev–Trinajstić information content (AvgIpc) is 3.02. The molecular weight excluding hydrogens is 246 g/mol. The van der Waals surface area contributed by atoms with Gasteiger partial charge in [-0.15, -0.1) is 0 Å². The molecule has 2 aliphatic heterocycles. The summed E-state index contributed by atoms with van der Waals surface area (Å²) >= 11 is 0. The smallest absolute Gasteiger partial charge is 0.0366 e. The number of nitrogens with zero attached hydrogens (tertiary/aromatic N) is 2. The van der Waals surface area contributed by atoms with Gasteiger partial charge in [-0.2, -0.15) is 0 Å². The van der Waals surface area contributed by atoms with Crippen LogP contribution >= 0.6 is 0 Å². The first-order valence-corrected chi connectivity index (χ1v) is 8.17. The van der Waals surface area contributed by atoms with Gasteiger partial charge >= 0.3 is 0 Å². The third kappa shape index (κ3) is 3.74. The van der Waals surface area contributed by atoms with Gasteiger partial charge in [0.15, 0.2) is 0 Å². The van der Waals surface area contributed by atoms with Gasteiger partial charge in [0.05, 0.1) is 0 Å². The summed E-state index contributed by atoms with van der Waals surface area (Å²) in [6.07, 6.45) is 5.34. The van der Waals surface area contributed by atoms with Crippen molar-refractivity contribution in [3.05, 3.63) is 30.3 Å². The Hall–Kier alpha value is -1.06. The molecule has 2 aliphatic rings. The van der Waals surface area contributed by atoms with Crippen LogP contribution in [0.4, 0.5) is 5.69 Å². The SMILES string of the molecule is c1ccc(N2CCC(NCCN3CCCC3)CC2)cc1. The minimum absolute atomic E-state index is 0.720. The fourth-order valence-corrected chi connectivity index (χ4v) is 3.41. The number of piperidine rings is 1. The second kappa shape index (κ2) is 7.09. The average molecular weight is 273 g/mol. The summed E-state index contributed by atoms with van der Waals surface area (Å²) < 4.78 is 0. The highest BCUT2D eigenvalue weighted by Crippen LogP contribution is 2.19. The molecule has 2 heterocycles. The normalized spacial score (nSPS) is 21.5. The minimum Gasteiger partial charge on any atom is -0.371 e. The largest absolute Gasteiger partial charge is 0.371 e. The lowest BCUT2D eigenvalue weighted by Crippen LogP contribution is -2.44. The molecule has 110 valence electrons. The van der Waals surface area contributed by atoms with E-state index in [1.165, 1.54) is 64.1 Å². The van der Waals surface area contributed by atoms with Crippen LogP contribution in [0.15, 0.2) is 30.3 Å². The summed E-state index contributed by atoms with van der Waals surface area (Å²) in [4.78, 5) is 5.10. The Morgan fingerprint density at radius 2 is 1.65 bits per heavy atom. The van der Waals surface area contributed by atoms with Crippen molar-refractivity contribution in [1.29, 1.82) is 0 Å². The zero-order valence-electron chi connectivity index (χ0n) is 12.4. The first-order valence-electron chi connectivity index (χ1n) is 8.17. The Morgan fingerprint density at radius 1 is 0.950 bits per heavy atom. The van der Waals surface area contributed by atoms with Crippen molar-refractivity contribution in [2.75, 3.05) is 44.2 Å². The lowest BCUT2D eigenvalue weighted by molar-refractivity contribution is 0.317. The molecule has 0 spiro atoms. The molecule has 3 heteroatoms. The van der Waals surface area contributed by atoms with E-state index in [1.54, 1.807) is 0 Å². The number of nitrogens with one attached hydrogen (secondary N) is 1. The van der Waals surface area contributed by atoms with Crippen LogP contribution in [-0.4, -0.2) is 50.2 Å². The molecular formula is C17H27N3. The first kappa shape index (κ1) is 13.9. The van der Waals surface area contributed by atoms with Gasteiger partial charge in [-0.25, -0.2) is 0 Å². The van der Waals surface area contributed by atoms with Gasteiger partial charge in [-0.3, -0.25) is 0 Å². The predicted octanol–water partition coefficient (Wildman–Crippen LogP) is 2.34. The van der Waals surface area contributed by atoms with E-state index in [2.05, 4.69) is 45.4 Å². The molecule has 2 saturated heterocycles. The second-order valence-electron chi connectivity index (χ2n) is 6.10. The van der Waals surface area contributed by atoms with Crippen molar-refractivity contribution in [3.8, 4) is 0 Å². The molecule has 0 aliphatic carbocycles. The summed E-state index contributed by atoms with van der Waals surface area (Å²) in [7, 11) is 0. The molecule has 1 aromatic rings. The molecule has 2 fully saturated rings. The first-order chi connectivity index (χ1) is 9.92. The Bertz CT molecular complexity index is 378. The number of benzene rings is 1. The monoisotopic (exact) mass is 273 g/mol. The van der Waals surface area contributed by atoms with Gasteiger partial charge in [-0.1, -0.05) is 18.2 Å². The highest BCUT2D eigenvalue weighted by molar-refractivity contribution is 5.46. The van der Waals surface area contributed by atoms with Gasteiger partial charge in [-0.05, 0) is 50.9 Å². The van der Waals surface area contributed by atoms with Gasteiger partial charge in [0, 0.05) is 37.9 Å². The number of rotatable bonds is 5. The number of para-hydroxylation sites is 1. The van der Waals surface area contributed by atoms with Crippen molar-refractivity contribution in [2.24, 2.45) is 0 Å². The summed E-state index contributed by atoms with van der Waals surface area (Å²) in [6.45, 7) is 7.40. The quantitative estimate of drug-likeness (QED) is 0.888. The van der Waals surface area contributed by atoms with E-state index in [-0.39, 0.29) is 0 Å². The topological polar surface area (TPSA) is 18.5 Å². The summed E-state index contributed by atoms with van der Waals surface area (Å²) in [6, 6.07) is 11.5. The molecule has 0 radical (unpaired) electrons. The fraction of sp³-hybridized carbons (Fsp3) is 0.647. The predicted molar refractivity (Wildman–Crippen MR) is 85.4 cm³/mol. The molecule has 0 aromatic heterocycles. The van der Waals surface area contributed by atoms with E-state index in [0.717, 1.165) is 12.6 Å². The van der Waals surface area contributed by atoms with Crippen LogP contribution in [0, 0.1) is 0 Å². The number of hydrogen-bond donors (Lipinski definition) is 1. The number of hydrogen-bond acceptors (Lipinski definition) is 3. The molecule has 0 atom stereocenters. The third-order valence-corrected chi connectivity index (χ3v) is 4.68. The van der Waals surface area contributed by atoms with Gasteiger partial charge < -0.3 is 15.1 Å². The fourth-order valence-electron chi connectivity index (χ4n) is 3.41.